The second kappa shape index (κ2) is 10.2. The number of carbonyl (C=O) groups is 2. The average Bonchev–Trinajstić information content (AvgIpc) is 3.44. The molecule has 0 spiro atoms. The molecule has 1 atom stereocenters. The van der Waals surface area contributed by atoms with Gasteiger partial charge in [-0.2, -0.15) is 0 Å². The second-order valence-corrected chi connectivity index (χ2v) is 8.90. The molecule has 1 aromatic carbocycles. The van der Waals surface area contributed by atoms with Crippen molar-refractivity contribution in [1.82, 2.24) is 20.2 Å². The molecule has 10 heteroatoms. The quantitative estimate of drug-likeness (QED) is 0.364. The first-order chi connectivity index (χ1) is 15.6. The Morgan fingerprint density at radius 1 is 1.28 bits per heavy atom. The molecular formula is C22H24N4O4S2. The van der Waals surface area contributed by atoms with Crippen molar-refractivity contribution in [3.63, 3.8) is 0 Å². The second-order valence-electron chi connectivity index (χ2n) is 6.98. The van der Waals surface area contributed by atoms with E-state index in [9.17, 15) is 9.59 Å². The maximum atomic E-state index is 12.9. The normalized spacial score (nSPS) is 16.2. The van der Waals surface area contributed by atoms with Gasteiger partial charge in [-0.15, -0.1) is 11.3 Å². The molecular weight excluding hydrogens is 448 g/mol. The highest BCUT2D eigenvalue weighted by atomic mass is 32.2. The number of imidazole rings is 1. The molecule has 3 aromatic rings. The Hall–Kier alpha value is -2.82. The predicted octanol–water partition coefficient (Wildman–Crippen LogP) is 3.71. The van der Waals surface area contributed by atoms with Crippen LogP contribution in [0.25, 0.3) is 11.0 Å². The Bertz CT molecular complexity index is 1140. The molecule has 1 aliphatic rings. The molecule has 0 aliphatic carbocycles. The fourth-order valence-electron chi connectivity index (χ4n) is 3.55. The van der Waals surface area contributed by atoms with Crippen molar-refractivity contribution in [1.29, 1.82) is 0 Å². The van der Waals surface area contributed by atoms with Crippen LogP contribution < -0.4 is 10.6 Å². The summed E-state index contributed by atoms with van der Waals surface area (Å²) < 4.78 is 12.7. The summed E-state index contributed by atoms with van der Waals surface area (Å²) in [5.41, 5.74) is 2.84. The average molecular weight is 473 g/mol. The van der Waals surface area contributed by atoms with Gasteiger partial charge in [-0.3, -0.25) is 0 Å². The van der Waals surface area contributed by atoms with Crippen LogP contribution in [0.15, 0.2) is 58.2 Å². The molecule has 0 bridgehead atoms. The van der Waals surface area contributed by atoms with Crippen molar-refractivity contribution in [3.8, 4) is 0 Å². The first-order valence-electron chi connectivity index (χ1n) is 10.2. The van der Waals surface area contributed by atoms with E-state index in [1.54, 1.807) is 14.0 Å². The van der Waals surface area contributed by atoms with Crippen LogP contribution in [0.3, 0.4) is 0 Å². The molecule has 0 fully saturated rings. The van der Waals surface area contributed by atoms with Crippen LogP contribution in [0.5, 0.6) is 0 Å². The molecule has 32 heavy (non-hydrogen) atoms. The van der Waals surface area contributed by atoms with Gasteiger partial charge in [-0.1, -0.05) is 30.0 Å². The number of benzene rings is 1. The van der Waals surface area contributed by atoms with Crippen LogP contribution >= 0.6 is 23.1 Å². The van der Waals surface area contributed by atoms with Crippen LogP contribution in [0.2, 0.25) is 0 Å². The minimum Gasteiger partial charge on any atom is -0.463 e. The molecule has 0 unspecified atom stereocenters. The number of amides is 2. The van der Waals surface area contributed by atoms with Gasteiger partial charge in [0.15, 0.2) is 5.16 Å². The number of aromatic nitrogens is 2. The maximum Gasteiger partial charge on any atom is 0.338 e. The molecule has 0 radical (unpaired) electrons. The van der Waals surface area contributed by atoms with Crippen LogP contribution in [-0.2, 0) is 20.8 Å². The topological polar surface area (TPSA) is 94.5 Å². The molecule has 8 nitrogen and oxygen atoms in total. The van der Waals surface area contributed by atoms with Crippen molar-refractivity contribution in [2.75, 3.05) is 26.1 Å². The van der Waals surface area contributed by atoms with Crippen LogP contribution in [0, 0.1) is 0 Å². The predicted molar refractivity (Wildman–Crippen MR) is 125 cm³/mol. The number of nitrogens with zero attached hydrogens (tertiary/aromatic N) is 2. The molecule has 1 aliphatic heterocycles. The number of hydrogen-bond acceptors (Lipinski definition) is 7. The summed E-state index contributed by atoms with van der Waals surface area (Å²) in [5, 5.41) is 8.37. The molecule has 2 N–H and O–H groups in total. The molecule has 2 aromatic heterocycles. The molecule has 2 amide bonds. The lowest BCUT2D eigenvalue weighted by molar-refractivity contribution is -0.139. The Morgan fingerprint density at radius 3 is 2.88 bits per heavy atom. The standard InChI is InChI=1S/C22H24N4O4S2/c1-3-30-20(27)18-15(23-21(28)25-19(18)17-9-6-12-31-17)13-32-22-24-14-7-4-5-8-16(14)26(22)10-11-29-2/h4-9,12,19H,3,10-11,13H2,1-2H3,(H2,23,25,28)/t19-/m1/s1. The number of rotatable bonds is 9. The van der Waals surface area contributed by atoms with Crippen molar-refractivity contribution in [3.05, 3.63) is 57.9 Å². The number of hydrogen-bond donors (Lipinski definition) is 2. The lowest BCUT2D eigenvalue weighted by atomic mass is 10.0. The van der Waals surface area contributed by atoms with Gasteiger partial charge in [-0.25, -0.2) is 14.6 Å². The third kappa shape index (κ3) is 4.67. The Balaban J connectivity index is 1.68. The number of fused-ring (bicyclic) bond motifs is 1. The number of nitrogens with one attached hydrogen (secondary N) is 2. The van der Waals surface area contributed by atoms with Gasteiger partial charge in [-0.05, 0) is 30.5 Å². The highest BCUT2D eigenvalue weighted by Crippen LogP contribution is 2.33. The zero-order valence-corrected chi connectivity index (χ0v) is 19.4. The SMILES string of the molecule is CCOC(=O)C1=C(CSc2nc3ccccc3n2CCOC)NC(=O)N[C@@H]1c1cccs1. The monoisotopic (exact) mass is 472 g/mol. The van der Waals surface area contributed by atoms with E-state index in [2.05, 4.69) is 15.2 Å². The van der Waals surface area contributed by atoms with Crippen molar-refractivity contribution in [2.45, 2.75) is 24.7 Å². The highest BCUT2D eigenvalue weighted by Gasteiger charge is 2.34. The van der Waals surface area contributed by atoms with Crippen LogP contribution in [0.4, 0.5) is 4.79 Å². The van der Waals surface area contributed by atoms with Gasteiger partial charge >= 0.3 is 12.0 Å². The zero-order chi connectivity index (χ0) is 22.5. The molecule has 4 rings (SSSR count). The highest BCUT2D eigenvalue weighted by molar-refractivity contribution is 7.99. The van der Waals surface area contributed by atoms with E-state index in [1.807, 2.05) is 41.8 Å². The molecule has 0 saturated heterocycles. The lowest BCUT2D eigenvalue weighted by Gasteiger charge is -2.28. The first kappa shape index (κ1) is 22.4. The molecule has 168 valence electrons. The Kier molecular flexibility index (Phi) is 7.13. The number of esters is 1. The van der Waals surface area contributed by atoms with Crippen molar-refractivity contribution < 1.29 is 19.1 Å². The van der Waals surface area contributed by atoms with Gasteiger partial charge in [0.05, 0.1) is 35.9 Å². The number of methoxy groups -OCH3 is 1. The van der Waals surface area contributed by atoms with Crippen molar-refractivity contribution >= 4 is 46.1 Å². The van der Waals surface area contributed by atoms with Gasteiger partial charge < -0.3 is 24.7 Å². The zero-order valence-electron chi connectivity index (χ0n) is 17.8. The number of ether oxygens (including phenoxy) is 2. The third-order valence-electron chi connectivity index (χ3n) is 4.96. The number of thiophene rings is 1. The Labute approximate surface area is 194 Å². The summed E-state index contributed by atoms with van der Waals surface area (Å²) in [7, 11) is 1.66. The van der Waals surface area contributed by atoms with E-state index in [1.165, 1.54) is 23.1 Å². The lowest BCUT2D eigenvalue weighted by Crippen LogP contribution is -2.46. The summed E-state index contributed by atoms with van der Waals surface area (Å²) in [5.74, 6) is -0.0818. The number of carbonyl (C=O) groups excluding carboxylic acids is 2. The summed E-state index contributed by atoms with van der Waals surface area (Å²) in [6.45, 7) is 3.21. The van der Waals surface area contributed by atoms with Gasteiger partial charge in [0.1, 0.15) is 0 Å². The van der Waals surface area contributed by atoms with E-state index < -0.39 is 12.0 Å². The number of para-hydroxylation sites is 2. The van der Waals surface area contributed by atoms with E-state index in [-0.39, 0.29) is 12.6 Å². The van der Waals surface area contributed by atoms with Crippen LogP contribution in [-0.4, -0.2) is 47.6 Å². The van der Waals surface area contributed by atoms with E-state index >= 15 is 0 Å². The van der Waals surface area contributed by atoms with Crippen molar-refractivity contribution in [2.24, 2.45) is 0 Å². The van der Waals surface area contributed by atoms with Crippen LogP contribution in [0.1, 0.15) is 17.8 Å². The van der Waals surface area contributed by atoms with E-state index in [0.29, 0.717) is 30.2 Å². The number of urea groups is 1. The minimum atomic E-state index is -0.550. The van der Waals surface area contributed by atoms with E-state index in [0.717, 1.165) is 21.1 Å². The maximum absolute atomic E-state index is 12.9. The first-order valence-corrected chi connectivity index (χ1v) is 12.1. The van der Waals surface area contributed by atoms with Gasteiger partial charge in [0.2, 0.25) is 0 Å². The summed E-state index contributed by atoms with van der Waals surface area (Å²) in [6, 6.07) is 10.8. The summed E-state index contributed by atoms with van der Waals surface area (Å²) in [4.78, 5) is 30.9. The van der Waals surface area contributed by atoms with Gasteiger partial charge in [0.25, 0.3) is 0 Å². The summed E-state index contributed by atoms with van der Waals surface area (Å²) in [6.07, 6.45) is 0. The summed E-state index contributed by atoms with van der Waals surface area (Å²) >= 11 is 2.94. The fourth-order valence-corrected chi connectivity index (χ4v) is 5.34. The number of thioether (sulfide) groups is 1. The van der Waals surface area contributed by atoms with E-state index in [4.69, 9.17) is 14.5 Å². The smallest absolute Gasteiger partial charge is 0.338 e. The Morgan fingerprint density at radius 2 is 2.12 bits per heavy atom. The molecule has 0 saturated carbocycles. The fraction of sp³-hybridized carbons (Fsp3) is 0.318. The molecule has 3 heterocycles. The van der Waals surface area contributed by atoms with Gasteiger partial charge in [0, 0.05) is 30.0 Å². The minimum absolute atomic E-state index is 0.251. The third-order valence-corrected chi connectivity index (χ3v) is 6.90. The largest absolute Gasteiger partial charge is 0.463 e.